The highest BCUT2D eigenvalue weighted by molar-refractivity contribution is 6.00. The van der Waals surface area contributed by atoms with Gasteiger partial charge in [-0.3, -0.25) is 4.68 Å². The Kier molecular flexibility index (Phi) is 6.36. The Morgan fingerprint density at radius 3 is 2.65 bits per heavy atom. The summed E-state index contributed by atoms with van der Waals surface area (Å²) in [6.45, 7) is 3.92. The van der Waals surface area contributed by atoms with Crippen LogP contribution in [0, 0.1) is 0 Å². The molecule has 1 aromatic carbocycles. The fourth-order valence-electron chi connectivity index (χ4n) is 5.34. The standard InChI is InChI=1S/C27H30N6O7/c1-27(2)39-20-21(40-27)25(38-22(20)26(34)35)33-12-16(17-8-9-32(3)31-17)19-23(29-13-30-24(19)33)28-11-14-6-7-15(36-4)10-18(14)37-5/h6-10,12-13,20-22,25H,11H2,1-5H3,(H,34,35)(H,28,29,30)/t20-,21+,22-,25+/m0/s1. The van der Waals surface area contributed by atoms with Crippen LogP contribution in [0.2, 0.25) is 0 Å². The van der Waals surface area contributed by atoms with Gasteiger partial charge in [0.1, 0.15) is 41.5 Å². The fourth-order valence-corrected chi connectivity index (χ4v) is 5.34. The lowest BCUT2D eigenvalue weighted by atomic mass is 10.1. The number of carboxylic acids is 1. The van der Waals surface area contributed by atoms with Crippen molar-refractivity contribution < 1.29 is 33.6 Å². The number of methoxy groups -OCH3 is 2. The van der Waals surface area contributed by atoms with E-state index in [4.69, 9.17) is 23.7 Å². The minimum atomic E-state index is -1.20. The number of fused-ring (bicyclic) bond motifs is 2. The average Bonchev–Trinajstić information content (AvgIpc) is 3.68. The summed E-state index contributed by atoms with van der Waals surface area (Å²) in [4.78, 5) is 21.2. The number of aryl methyl sites for hydroxylation is 1. The number of hydrogen-bond donors (Lipinski definition) is 2. The Balaban J connectivity index is 1.44. The first-order valence-corrected chi connectivity index (χ1v) is 12.7. The first kappa shape index (κ1) is 26.0. The zero-order chi connectivity index (χ0) is 28.2. The third kappa shape index (κ3) is 4.41. The Morgan fingerprint density at radius 1 is 1.15 bits per heavy atom. The van der Waals surface area contributed by atoms with Gasteiger partial charge in [-0.2, -0.15) is 5.10 Å². The lowest BCUT2D eigenvalue weighted by Crippen LogP contribution is -2.35. The second kappa shape index (κ2) is 9.77. The van der Waals surface area contributed by atoms with Crippen molar-refractivity contribution >= 4 is 22.8 Å². The largest absolute Gasteiger partial charge is 0.497 e. The Hall–Kier alpha value is -4.20. The number of ether oxygens (including phenoxy) is 5. The molecule has 0 aliphatic carbocycles. The molecule has 13 heteroatoms. The summed E-state index contributed by atoms with van der Waals surface area (Å²) in [5, 5.41) is 18.6. The van der Waals surface area contributed by atoms with Gasteiger partial charge in [0.15, 0.2) is 18.1 Å². The van der Waals surface area contributed by atoms with Crippen molar-refractivity contribution in [2.24, 2.45) is 7.05 Å². The minimum Gasteiger partial charge on any atom is -0.497 e. The predicted octanol–water partition coefficient (Wildman–Crippen LogP) is 2.96. The number of nitrogens with one attached hydrogen (secondary N) is 1. The van der Waals surface area contributed by atoms with Gasteiger partial charge in [-0.15, -0.1) is 0 Å². The molecule has 2 saturated heterocycles. The molecule has 2 aliphatic rings. The van der Waals surface area contributed by atoms with E-state index in [-0.39, 0.29) is 0 Å². The van der Waals surface area contributed by atoms with Crippen molar-refractivity contribution in [2.75, 3.05) is 19.5 Å². The van der Waals surface area contributed by atoms with Crippen molar-refractivity contribution in [3.63, 3.8) is 0 Å². The van der Waals surface area contributed by atoms with Crippen molar-refractivity contribution in [1.82, 2.24) is 24.3 Å². The summed E-state index contributed by atoms with van der Waals surface area (Å²) in [7, 11) is 5.05. The van der Waals surface area contributed by atoms with E-state index in [1.54, 1.807) is 37.3 Å². The molecular weight excluding hydrogens is 520 g/mol. The Morgan fingerprint density at radius 2 is 1.95 bits per heavy atom. The SMILES string of the molecule is COc1ccc(CNc2ncnc3c2c(-c2ccn(C)n2)cn3[C@@H]2O[C@H](C(=O)O)[C@H]3OC(C)(C)O[C@H]32)c(OC)c1. The molecule has 2 N–H and O–H groups in total. The maximum Gasteiger partial charge on any atom is 0.335 e. The van der Waals surface area contributed by atoms with E-state index in [0.29, 0.717) is 40.6 Å². The van der Waals surface area contributed by atoms with Gasteiger partial charge >= 0.3 is 5.97 Å². The second-order valence-electron chi connectivity index (χ2n) is 10.1. The van der Waals surface area contributed by atoms with E-state index in [9.17, 15) is 9.90 Å². The van der Waals surface area contributed by atoms with Gasteiger partial charge < -0.3 is 38.7 Å². The number of hydrogen-bond acceptors (Lipinski definition) is 10. The van der Waals surface area contributed by atoms with Crippen LogP contribution in [0.4, 0.5) is 5.82 Å². The number of carboxylic acid groups (broad SMARTS) is 1. The number of anilines is 1. The summed E-state index contributed by atoms with van der Waals surface area (Å²) >= 11 is 0. The molecular formula is C27H30N6O7. The van der Waals surface area contributed by atoms with Crippen LogP contribution < -0.4 is 14.8 Å². The zero-order valence-corrected chi connectivity index (χ0v) is 22.7. The van der Waals surface area contributed by atoms with E-state index < -0.39 is 36.3 Å². The Bertz CT molecular complexity index is 1580. The van der Waals surface area contributed by atoms with Crippen LogP contribution in [0.3, 0.4) is 0 Å². The van der Waals surface area contributed by atoms with Crippen molar-refractivity contribution in [1.29, 1.82) is 0 Å². The summed E-state index contributed by atoms with van der Waals surface area (Å²) in [6.07, 6.45) is 1.68. The molecule has 2 fully saturated rings. The molecule has 6 rings (SSSR count). The number of nitrogens with zero attached hydrogens (tertiary/aromatic N) is 5. The quantitative estimate of drug-likeness (QED) is 0.334. The molecule has 3 aromatic heterocycles. The number of benzene rings is 1. The van der Waals surface area contributed by atoms with Crippen LogP contribution >= 0.6 is 0 Å². The lowest BCUT2D eigenvalue weighted by molar-refractivity contribution is -0.202. The summed E-state index contributed by atoms with van der Waals surface area (Å²) in [6, 6.07) is 7.49. The molecule has 0 saturated carbocycles. The summed E-state index contributed by atoms with van der Waals surface area (Å²) < 4.78 is 32.5. The molecule has 4 atom stereocenters. The number of aliphatic carboxylic acids is 1. The van der Waals surface area contributed by atoms with Crippen LogP contribution in [0.15, 0.2) is 43.0 Å². The smallest absolute Gasteiger partial charge is 0.335 e. The van der Waals surface area contributed by atoms with Crippen LogP contribution in [0.1, 0.15) is 25.6 Å². The Labute approximate surface area is 229 Å². The van der Waals surface area contributed by atoms with Gasteiger partial charge in [0.25, 0.3) is 0 Å². The summed E-state index contributed by atoms with van der Waals surface area (Å²) in [5.74, 6) is -0.154. The number of rotatable bonds is 8. The minimum absolute atomic E-state index is 0.406. The monoisotopic (exact) mass is 550 g/mol. The van der Waals surface area contributed by atoms with Crippen LogP contribution in [0.5, 0.6) is 11.5 Å². The topological polar surface area (TPSA) is 144 Å². The summed E-state index contributed by atoms with van der Waals surface area (Å²) in [5.41, 5.74) is 2.87. The predicted molar refractivity (Wildman–Crippen MR) is 142 cm³/mol. The molecule has 2 aliphatic heterocycles. The number of aromatic nitrogens is 5. The van der Waals surface area contributed by atoms with E-state index in [1.807, 2.05) is 43.7 Å². The average molecular weight is 551 g/mol. The van der Waals surface area contributed by atoms with Crippen LogP contribution in [-0.4, -0.2) is 73.7 Å². The molecule has 0 spiro atoms. The highest BCUT2D eigenvalue weighted by atomic mass is 16.8. The highest BCUT2D eigenvalue weighted by Crippen LogP contribution is 2.45. The van der Waals surface area contributed by atoms with Crippen molar-refractivity contribution in [2.45, 2.75) is 50.7 Å². The molecule has 0 radical (unpaired) electrons. The van der Waals surface area contributed by atoms with E-state index in [0.717, 1.165) is 11.1 Å². The lowest BCUT2D eigenvalue weighted by Gasteiger charge is -2.24. The molecule has 40 heavy (non-hydrogen) atoms. The molecule has 4 aromatic rings. The normalized spacial score (nSPS) is 23.3. The molecule has 210 valence electrons. The van der Waals surface area contributed by atoms with Crippen molar-refractivity contribution in [3.05, 3.63) is 48.5 Å². The maximum atomic E-state index is 12.1. The molecule has 13 nitrogen and oxygen atoms in total. The third-order valence-electron chi connectivity index (χ3n) is 7.09. The van der Waals surface area contributed by atoms with E-state index in [1.165, 1.54) is 6.33 Å². The molecule has 0 bridgehead atoms. The highest BCUT2D eigenvalue weighted by Gasteiger charge is 2.58. The van der Waals surface area contributed by atoms with E-state index in [2.05, 4.69) is 20.4 Å². The van der Waals surface area contributed by atoms with Gasteiger partial charge in [0, 0.05) is 43.2 Å². The van der Waals surface area contributed by atoms with Crippen LogP contribution in [-0.2, 0) is 32.6 Å². The van der Waals surface area contributed by atoms with Crippen LogP contribution in [0.25, 0.3) is 22.3 Å². The molecule has 5 heterocycles. The molecule has 0 amide bonds. The van der Waals surface area contributed by atoms with Gasteiger partial charge in [-0.1, -0.05) is 0 Å². The first-order chi connectivity index (χ1) is 19.2. The second-order valence-corrected chi connectivity index (χ2v) is 10.1. The van der Waals surface area contributed by atoms with Gasteiger partial charge in [-0.25, -0.2) is 14.8 Å². The zero-order valence-electron chi connectivity index (χ0n) is 22.7. The van der Waals surface area contributed by atoms with Gasteiger partial charge in [0.2, 0.25) is 0 Å². The molecule has 0 unspecified atom stereocenters. The van der Waals surface area contributed by atoms with Gasteiger partial charge in [-0.05, 0) is 32.0 Å². The third-order valence-corrected chi connectivity index (χ3v) is 7.09. The fraction of sp³-hybridized carbons (Fsp3) is 0.407. The first-order valence-electron chi connectivity index (χ1n) is 12.7. The van der Waals surface area contributed by atoms with Crippen molar-refractivity contribution in [3.8, 4) is 22.8 Å². The maximum absolute atomic E-state index is 12.1. The number of carbonyl (C=O) groups is 1. The van der Waals surface area contributed by atoms with Gasteiger partial charge in [0.05, 0.1) is 25.3 Å². The van der Waals surface area contributed by atoms with E-state index >= 15 is 0 Å².